The molecule has 4 N–H and O–H groups in total. The van der Waals surface area contributed by atoms with Crippen molar-refractivity contribution < 1.29 is 38.3 Å². The molecule has 13 nitrogen and oxygen atoms in total. The number of carbonyl (C=O) groups is 1. The van der Waals surface area contributed by atoms with Crippen molar-refractivity contribution in [3.05, 3.63) is 17.7 Å². The van der Waals surface area contributed by atoms with E-state index in [1.165, 1.54) is 14.2 Å². The van der Waals surface area contributed by atoms with Gasteiger partial charge in [0, 0.05) is 6.42 Å². The van der Waals surface area contributed by atoms with Gasteiger partial charge < -0.3 is 29.0 Å². The molecule has 3 aliphatic rings. The molecule has 0 amide bonds. The van der Waals surface area contributed by atoms with Crippen molar-refractivity contribution in [2.75, 3.05) is 20.8 Å². The Morgan fingerprint density at radius 1 is 1.43 bits per heavy atom. The van der Waals surface area contributed by atoms with Gasteiger partial charge in [0.1, 0.15) is 47.6 Å². The SMILES string of the molecule is COC(=O)C(N[P+](=O)OCC1OC2(C)C(n3cnc4c3C(C)CCC(=N)N=C4OC)C2(O)C1O)C(C)C. The third-order valence-corrected chi connectivity index (χ3v) is 8.47. The van der Waals surface area contributed by atoms with Crippen LogP contribution >= 0.6 is 8.18 Å². The van der Waals surface area contributed by atoms with E-state index in [0.29, 0.717) is 18.5 Å². The zero-order valence-electron chi connectivity index (χ0n) is 21.8. The standard InChI is InChI=1S/C23H35N5O8P/c1-11(2)15(20(30)34-6)27-37(32)35-9-13-18(29)23(31)21(22(23,4)36-13)28-10-25-16-17(28)12(3)7-8-14(24)26-19(16)33-5/h10-13,15,18,21,24,29,31H,7-9H2,1-6H3,(H,27,32)/q+1. The van der Waals surface area contributed by atoms with E-state index in [4.69, 9.17) is 24.1 Å². The van der Waals surface area contributed by atoms with E-state index in [2.05, 4.69) is 15.1 Å². The van der Waals surface area contributed by atoms with Gasteiger partial charge in [-0.2, -0.15) is 4.99 Å². The molecule has 3 heterocycles. The van der Waals surface area contributed by atoms with E-state index < -0.39 is 49.6 Å². The van der Waals surface area contributed by atoms with Gasteiger partial charge >= 0.3 is 14.1 Å². The van der Waals surface area contributed by atoms with E-state index in [9.17, 15) is 19.6 Å². The molecule has 1 saturated heterocycles. The molecule has 0 bridgehead atoms. The molecule has 8 unspecified atom stereocenters. The number of nitrogens with one attached hydrogen (secondary N) is 2. The summed E-state index contributed by atoms with van der Waals surface area (Å²) in [6, 6.07) is -1.46. The van der Waals surface area contributed by atoms with Gasteiger partial charge in [0.05, 0.1) is 26.2 Å². The highest BCUT2D eigenvalue weighted by atomic mass is 31.1. The normalized spacial score (nSPS) is 34.1. The van der Waals surface area contributed by atoms with Crippen LogP contribution in [0.4, 0.5) is 0 Å². The average molecular weight is 541 g/mol. The predicted octanol–water partition coefficient (Wildman–Crippen LogP) is 1.42. The molecule has 37 heavy (non-hydrogen) atoms. The Balaban J connectivity index is 1.49. The summed E-state index contributed by atoms with van der Waals surface area (Å²) in [5.41, 5.74) is -1.53. The number of methoxy groups -OCH3 is 2. The summed E-state index contributed by atoms with van der Waals surface area (Å²) in [6.45, 7) is 6.99. The number of aromatic nitrogens is 2. The van der Waals surface area contributed by atoms with Crippen molar-refractivity contribution in [1.29, 1.82) is 5.41 Å². The Morgan fingerprint density at radius 2 is 2.14 bits per heavy atom. The number of esters is 1. The second kappa shape index (κ2) is 10.1. The van der Waals surface area contributed by atoms with Crippen LogP contribution in [0.1, 0.15) is 63.9 Å². The number of hydrogen-bond donors (Lipinski definition) is 4. The van der Waals surface area contributed by atoms with Crippen LogP contribution < -0.4 is 5.09 Å². The number of amidine groups is 1. The fourth-order valence-corrected chi connectivity index (χ4v) is 6.43. The van der Waals surface area contributed by atoms with Crippen LogP contribution in [0.25, 0.3) is 0 Å². The lowest BCUT2D eigenvalue weighted by Crippen LogP contribution is -2.41. The number of carbonyl (C=O) groups excluding carboxylic acids is 1. The minimum atomic E-state index is -2.47. The zero-order chi connectivity index (χ0) is 27.3. The molecule has 4 rings (SSSR count). The monoisotopic (exact) mass is 540 g/mol. The smallest absolute Gasteiger partial charge is 0.479 e. The minimum absolute atomic E-state index is 0.0258. The highest BCUT2D eigenvalue weighted by Gasteiger charge is 2.85. The zero-order valence-corrected chi connectivity index (χ0v) is 22.7. The van der Waals surface area contributed by atoms with E-state index in [1.54, 1.807) is 31.7 Å². The molecule has 14 heteroatoms. The van der Waals surface area contributed by atoms with Crippen molar-refractivity contribution in [2.45, 2.75) is 81.9 Å². The molecule has 2 fully saturated rings. The quantitative estimate of drug-likeness (QED) is 0.278. The molecule has 1 aliphatic carbocycles. The van der Waals surface area contributed by atoms with Crippen LogP contribution in [0.15, 0.2) is 11.3 Å². The molecular weight excluding hydrogens is 505 g/mol. The number of imidazole rings is 1. The molecule has 1 aromatic heterocycles. The Bertz CT molecular complexity index is 1120. The maximum atomic E-state index is 12.4. The minimum Gasteiger partial charge on any atom is -0.479 e. The van der Waals surface area contributed by atoms with Crippen LogP contribution in [0.3, 0.4) is 0 Å². The average Bonchev–Trinajstić information content (AvgIpc) is 3.10. The molecule has 0 spiro atoms. The Morgan fingerprint density at radius 3 is 2.70 bits per heavy atom. The summed E-state index contributed by atoms with van der Waals surface area (Å²) >= 11 is 0. The number of hydrogen-bond acceptors (Lipinski definition) is 10. The highest BCUT2D eigenvalue weighted by molar-refractivity contribution is 7.36. The van der Waals surface area contributed by atoms with Gasteiger partial charge in [-0.15, -0.1) is 4.52 Å². The van der Waals surface area contributed by atoms with Crippen LogP contribution in [-0.4, -0.2) is 87.7 Å². The Hall–Kier alpha value is -2.28. The van der Waals surface area contributed by atoms with Crippen LogP contribution in [0.2, 0.25) is 0 Å². The van der Waals surface area contributed by atoms with Crippen molar-refractivity contribution in [2.24, 2.45) is 10.9 Å². The molecule has 204 valence electrons. The summed E-state index contributed by atoms with van der Waals surface area (Å²) in [5, 5.41) is 33.2. The lowest BCUT2D eigenvalue weighted by atomic mass is 9.97. The first-order chi connectivity index (χ1) is 17.4. The van der Waals surface area contributed by atoms with Gasteiger partial charge in [-0.05, 0) is 29.7 Å². The van der Waals surface area contributed by atoms with Gasteiger partial charge in [-0.25, -0.2) is 4.98 Å². The van der Waals surface area contributed by atoms with Gasteiger partial charge in [0.2, 0.25) is 5.90 Å². The van der Waals surface area contributed by atoms with E-state index in [-0.39, 0.29) is 30.2 Å². The van der Waals surface area contributed by atoms with Gasteiger partial charge in [0.25, 0.3) is 0 Å². The predicted molar refractivity (Wildman–Crippen MR) is 132 cm³/mol. The summed E-state index contributed by atoms with van der Waals surface area (Å²) in [6.07, 6.45) is 0.407. The first-order valence-electron chi connectivity index (χ1n) is 12.2. The van der Waals surface area contributed by atoms with Crippen molar-refractivity contribution in [1.82, 2.24) is 14.6 Å². The fourth-order valence-electron chi connectivity index (χ4n) is 5.44. The van der Waals surface area contributed by atoms with Crippen molar-refractivity contribution in [3.8, 4) is 0 Å². The topological polar surface area (TPSA) is 178 Å². The molecule has 1 saturated carbocycles. The summed E-state index contributed by atoms with van der Waals surface area (Å²) in [4.78, 5) is 20.6. The van der Waals surface area contributed by atoms with Crippen LogP contribution in [-0.2, 0) is 28.1 Å². The summed E-state index contributed by atoms with van der Waals surface area (Å²) in [7, 11) is 0.244. The number of aliphatic hydroxyl groups excluding tert-OH is 1. The Kier molecular flexibility index (Phi) is 7.59. The van der Waals surface area contributed by atoms with E-state index >= 15 is 0 Å². The second-order valence-electron chi connectivity index (χ2n) is 10.3. The van der Waals surface area contributed by atoms with Crippen LogP contribution in [0.5, 0.6) is 0 Å². The van der Waals surface area contributed by atoms with Gasteiger partial charge in [0.15, 0.2) is 6.04 Å². The molecule has 0 aromatic carbocycles. The lowest BCUT2D eigenvalue weighted by molar-refractivity contribution is -0.143. The van der Waals surface area contributed by atoms with Gasteiger partial charge in [-0.3, -0.25) is 10.2 Å². The van der Waals surface area contributed by atoms with E-state index in [1.807, 2.05) is 6.92 Å². The number of fused-ring (bicyclic) bond motifs is 2. The number of ether oxygens (including phenoxy) is 3. The highest BCUT2D eigenvalue weighted by Crippen LogP contribution is 2.68. The number of rotatable bonds is 8. The first kappa shape index (κ1) is 27.7. The van der Waals surface area contributed by atoms with Gasteiger partial charge in [-0.1, -0.05) is 25.9 Å². The molecule has 8 atom stereocenters. The number of nitrogens with zero attached hydrogens (tertiary/aromatic N) is 3. The lowest BCUT2D eigenvalue weighted by Gasteiger charge is -2.25. The second-order valence-corrected chi connectivity index (χ2v) is 11.3. The maximum absolute atomic E-state index is 12.4. The number of aliphatic hydroxyl groups is 2. The molecule has 1 aromatic rings. The van der Waals surface area contributed by atoms with Crippen molar-refractivity contribution >= 4 is 25.9 Å². The molecule has 2 aliphatic heterocycles. The largest absolute Gasteiger partial charge is 0.613 e. The van der Waals surface area contributed by atoms with Crippen LogP contribution in [0, 0.1) is 11.3 Å². The maximum Gasteiger partial charge on any atom is 0.613 e. The summed E-state index contributed by atoms with van der Waals surface area (Å²) in [5.74, 6) is -0.347. The molecule has 0 radical (unpaired) electrons. The summed E-state index contributed by atoms with van der Waals surface area (Å²) < 4.78 is 35.8. The third-order valence-electron chi connectivity index (χ3n) is 7.60. The van der Waals surface area contributed by atoms with E-state index in [0.717, 1.165) is 5.69 Å². The molecular formula is C23H35N5O8P+. The third kappa shape index (κ3) is 4.51. The van der Waals surface area contributed by atoms with Crippen molar-refractivity contribution in [3.63, 3.8) is 0 Å². The first-order valence-corrected chi connectivity index (χ1v) is 13.4. The number of aliphatic imine (C=N–C) groups is 1. The Labute approximate surface area is 216 Å². The fraction of sp³-hybridized carbons (Fsp3) is 0.739.